The molecule has 8 nitrogen and oxygen atoms in total. The van der Waals surface area contributed by atoms with Crippen LogP contribution in [0.1, 0.15) is 0 Å². The molecule has 0 heterocycles. The van der Waals surface area contributed by atoms with Crippen LogP contribution in [0.2, 0.25) is 0 Å². The van der Waals surface area contributed by atoms with Gasteiger partial charge in [-0.1, -0.05) is 0 Å². The molecule has 0 aliphatic rings. The number of carbonyl (C=O) groups is 1. The summed E-state index contributed by atoms with van der Waals surface area (Å²) in [6, 6.07) is 2.88. The molecule has 1 atom stereocenters. The molecule has 0 aliphatic heterocycles. The summed E-state index contributed by atoms with van der Waals surface area (Å²) in [4.78, 5) is 20.7. The number of hydrogen-bond donors (Lipinski definition) is 2. The standard InChI is InChI=1S/C10H13N3O5/c1-17-9-4-6(13(15)16)2-3-8(9)18-5-7(11)10(12)14/h2-4,7H,5,11H2,1H3,(H2,12,14). The van der Waals surface area contributed by atoms with Crippen LogP contribution in [0.4, 0.5) is 5.69 Å². The molecule has 18 heavy (non-hydrogen) atoms. The molecule has 0 fully saturated rings. The third kappa shape index (κ3) is 3.32. The topological polar surface area (TPSA) is 131 Å². The van der Waals surface area contributed by atoms with Crippen molar-refractivity contribution in [3.63, 3.8) is 0 Å². The van der Waals surface area contributed by atoms with Crippen molar-refractivity contribution in [2.75, 3.05) is 13.7 Å². The van der Waals surface area contributed by atoms with Gasteiger partial charge in [-0.25, -0.2) is 0 Å². The number of nitrogens with zero attached hydrogens (tertiary/aromatic N) is 1. The summed E-state index contributed by atoms with van der Waals surface area (Å²) in [7, 11) is 1.35. The lowest BCUT2D eigenvalue weighted by molar-refractivity contribution is -0.385. The Hall–Kier alpha value is -2.35. The first-order chi connectivity index (χ1) is 8.45. The Kier molecular flexibility index (Phi) is 4.44. The molecule has 0 saturated heterocycles. The van der Waals surface area contributed by atoms with Gasteiger partial charge in [0.15, 0.2) is 11.5 Å². The van der Waals surface area contributed by atoms with E-state index >= 15 is 0 Å². The minimum Gasteiger partial charge on any atom is -0.493 e. The molecule has 1 unspecified atom stereocenters. The summed E-state index contributed by atoms with van der Waals surface area (Å²) in [6.45, 7) is -0.135. The second kappa shape index (κ2) is 5.82. The molecule has 1 aromatic carbocycles. The molecule has 1 aromatic rings. The summed E-state index contributed by atoms with van der Waals surface area (Å²) < 4.78 is 10.2. The number of benzene rings is 1. The summed E-state index contributed by atoms with van der Waals surface area (Å²) in [5, 5.41) is 10.6. The van der Waals surface area contributed by atoms with Crippen LogP contribution in [0.3, 0.4) is 0 Å². The molecule has 98 valence electrons. The van der Waals surface area contributed by atoms with Gasteiger partial charge in [-0.15, -0.1) is 0 Å². The molecule has 8 heteroatoms. The maximum atomic E-state index is 10.7. The second-order valence-corrected chi connectivity index (χ2v) is 3.41. The van der Waals surface area contributed by atoms with Crippen molar-refractivity contribution < 1.29 is 19.2 Å². The smallest absolute Gasteiger partial charge is 0.273 e. The average Bonchev–Trinajstić information content (AvgIpc) is 2.35. The van der Waals surface area contributed by atoms with Gasteiger partial charge >= 0.3 is 0 Å². The van der Waals surface area contributed by atoms with E-state index in [0.717, 1.165) is 0 Å². The van der Waals surface area contributed by atoms with Crippen molar-refractivity contribution in [1.82, 2.24) is 0 Å². The van der Waals surface area contributed by atoms with Gasteiger partial charge in [0.1, 0.15) is 12.6 Å². The Balaban J connectivity index is 2.83. The van der Waals surface area contributed by atoms with Crippen LogP contribution in [-0.4, -0.2) is 30.6 Å². The van der Waals surface area contributed by atoms with Crippen molar-refractivity contribution in [2.45, 2.75) is 6.04 Å². The molecule has 0 radical (unpaired) electrons. The van der Waals surface area contributed by atoms with Gasteiger partial charge in [0.2, 0.25) is 5.91 Å². The van der Waals surface area contributed by atoms with Crippen molar-refractivity contribution in [3.8, 4) is 11.5 Å². The summed E-state index contributed by atoms with van der Waals surface area (Å²) in [5.74, 6) is -0.267. The number of nitro groups is 1. The van der Waals surface area contributed by atoms with Crippen LogP contribution in [0.5, 0.6) is 11.5 Å². The molecule has 0 saturated carbocycles. The number of rotatable bonds is 6. The summed E-state index contributed by atoms with van der Waals surface area (Å²) in [5.41, 5.74) is 10.2. The van der Waals surface area contributed by atoms with Crippen LogP contribution in [-0.2, 0) is 4.79 Å². The summed E-state index contributed by atoms with van der Waals surface area (Å²) >= 11 is 0. The molecular weight excluding hydrogens is 242 g/mol. The van der Waals surface area contributed by atoms with Crippen molar-refractivity contribution >= 4 is 11.6 Å². The van der Waals surface area contributed by atoms with Crippen molar-refractivity contribution in [3.05, 3.63) is 28.3 Å². The Morgan fingerprint density at radius 3 is 2.67 bits per heavy atom. The molecule has 0 aliphatic carbocycles. The van der Waals surface area contributed by atoms with E-state index in [-0.39, 0.29) is 23.8 Å². The predicted molar refractivity (Wildman–Crippen MR) is 62.3 cm³/mol. The zero-order valence-electron chi connectivity index (χ0n) is 9.66. The predicted octanol–water partition coefficient (Wildman–Crippen LogP) is -0.205. The van der Waals surface area contributed by atoms with E-state index in [9.17, 15) is 14.9 Å². The number of amides is 1. The quantitative estimate of drug-likeness (QED) is 0.534. The van der Waals surface area contributed by atoms with Gasteiger partial charge in [0, 0.05) is 6.07 Å². The largest absolute Gasteiger partial charge is 0.493 e. The molecule has 1 amide bonds. The van der Waals surface area contributed by atoms with Gasteiger partial charge in [-0.05, 0) is 6.07 Å². The number of nitrogens with two attached hydrogens (primary N) is 2. The number of methoxy groups -OCH3 is 1. The highest BCUT2D eigenvalue weighted by Gasteiger charge is 2.15. The lowest BCUT2D eigenvalue weighted by Crippen LogP contribution is -2.41. The van der Waals surface area contributed by atoms with E-state index in [4.69, 9.17) is 20.9 Å². The van der Waals surface area contributed by atoms with E-state index in [1.165, 1.54) is 25.3 Å². The van der Waals surface area contributed by atoms with Gasteiger partial charge in [0.25, 0.3) is 5.69 Å². The van der Waals surface area contributed by atoms with Gasteiger partial charge in [0.05, 0.1) is 18.1 Å². The third-order valence-corrected chi connectivity index (χ3v) is 2.14. The minimum atomic E-state index is -0.954. The van der Waals surface area contributed by atoms with Crippen LogP contribution in [0, 0.1) is 10.1 Å². The molecular formula is C10H13N3O5. The Labute approximate surface area is 103 Å². The first-order valence-electron chi connectivity index (χ1n) is 4.96. The summed E-state index contributed by atoms with van der Waals surface area (Å²) in [6.07, 6.45) is 0. The number of carbonyl (C=O) groups excluding carboxylic acids is 1. The van der Waals surface area contributed by atoms with Crippen LogP contribution < -0.4 is 20.9 Å². The van der Waals surface area contributed by atoms with Gasteiger partial charge in [-0.3, -0.25) is 14.9 Å². The second-order valence-electron chi connectivity index (χ2n) is 3.41. The Morgan fingerprint density at radius 1 is 1.50 bits per heavy atom. The van der Waals surface area contributed by atoms with E-state index in [1.54, 1.807) is 0 Å². The minimum absolute atomic E-state index is 0.126. The zero-order valence-corrected chi connectivity index (χ0v) is 9.66. The molecule has 0 bridgehead atoms. The fourth-order valence-electron chi connectivity index (χ4n) is 1.15. The number of hydrogen-bond acceptors (Lipinski definition) is 6. The Morgan fingerprint density at radius 2 is 2.17 bits per heavy atom. The highest BCUT2D eigenvalue weighted by atomic mass is 16.6. The zero-order chi connectivity index (χ0) is 13.7. The van der Waals surface area contributed by atoms with E-state index in [2.05, 4.69) is 0 Å². The molecule has 4 N–H and O–H groups in total. The average molecular weight is 255 g/mol. The first kappa shape index (κ1) is 13.7. The maximum Gasteiger partial charge on any atom is 0.273 e. The number of nitro benzene ring substituents is 1. The maximum absolute atomic E-state index is 10.7. The van der Waals surface area contributed by atoms with E-state index < -0.39 is 16.9 Å². The lowest BCUT2D eigenvalue weighted by atomic mass is 10.2. The van der Waals surface area contributed by atoms with E-state index in [1.807, 2.05) is 0 Å². The Bertz CT molecular complexity index is 463. The lowest BCUT2D eigenvalue weighted by Gasteiger charge is -2.12. The number of non-ortho nitro benzene ring substituents is 1. The van der Waals surface area contributed by atoms with Gasteiger partial charge in [-0.2, -0.15) is 0 Å². The highest BCUT2D eigenvalue weighted by molar-refractivity contribution is 5.79. The third-order valence-electron chi connectivity index (χ3n) is 2.14. The fourth-order valence-corrected chi connectivity index (χ4v) is 1.15. The van der Waals surface area contributed by atoms with Crippen molar-refractivity contribution in [2.24, 2.45) is 11.5 Å². The first-order valence-corrected chi connectivity index (χ1v) is 4.96. The van der Waals surface area contributed by atoms with Crippen LogP contribution >= 0.6 is 0 Å². The van der Waals surface area contributed by atoms with E-state index in [0.29, 0.717) is 0 Å². The normalized spacial score (nSPS) is 11.7. The molecule has 0 aromatic heterocycles. The fraction of sp³-hybridized carbons (Fsp3) is 0.300. The monoisotopic (exact) mass is 255 g/mol. The van der Waals surface area contributed by atoms with Crippen LogP contribution in [0.15, 0.2) is 18.2 Å². The number of primary amides is 1. The highest BCUT2D eigenvalue weighted by Crippen LogP contribution is 2.30. The van der Waals surface area contributed by atoms with Gasteiger partial charge < -0.3 is 20.9 Å². The number of ether oxygens (including phenoxy) is 2. The van der Waals surface area contributed by atoms with Crippen LogP contribution in [0.25, 0.3) is 0 Å². The molecule has 1 rings (SSSR count). The SMILES string of the molecule is COc1cc([N+](=O)[O-])ccc1OCC(N)C(N)=O. The molecule has 0 spiro atoms. The van der Waals surface area contributed by atoms with Crippen molar-refractivity contribution in [1.29, 1.82) is 0 Å².